The zero-order chi connectivity index (χ0) is 12.4. The van der Waals surface area contributed by atoms with Gasteiger partial charge in [0.25, 0.3) is 5.91 Å². The van der Waals surface area contributed by atoms with Crippen molar-refractivity contribution in [3.8, 4) is 0 Å². The number of halogens is 1. The first-order valence-corrected chi connectivity index (χ1v) is 7.01. The monoisotopic (exact) mass is 295 g/mol. The smallest absolute Gasteiger partial charge is 0.251 e. The Labute approximate surface area is 111 Å². The number of rotatable bonds is 2. The Kier molecular flexibility index (Phi) is 3.87. The highest BCUT2D eigenvalue weighted by atomic mass is 79.9. The lowest BCUT2D eigenvalue weighted by Gasteiger charge is -2.17. The van der Waals surface area contributed by atoms with Gasteiger partial charge in [0.1, 0.15) is 0 Å². The van der Waals surface area contributed by atoms with E-state index < -0.39 is 0 Å². The minimum absolute atomic E-state index is 0.0545. The van der Waals surface area contributed by atoms with Crippen molar-refractivity contribution in [3.63, 3.8) is 0 Å². The summed E-state index contributed by atoms with van der Waals surface area (Å²) in [4.78, 5) is 12.6. The van der Waals surface area contributed by atoms with Crippen molar-refractivity contribution < 1.29 is 4.79 Å². The molecule has 2 rings (SSSR count). The summed E-state index contributed by atoms with van der Waals surface area (Å²) in [6, 6.07) is 6.23. The highest BCUT2D eigenvalue weighted by molar-refractivity contribution is 9.09. The topological polar surface area (TPSA) is 29.1 Å². The molecule has 0 bridgehead atoms. The number of carbonyl (C=O) groups is 1. The molecular weight excluding hydrogens is 278 g/mol. The molecule has 0 aromatic heterocycles. The van der Waals surface area contributed by atoms with Gasteiger partial charge >= 0.3 is 0 Å². The molecule has 2 atom stereocenters. The second-order valence-electron chi connectivity index (χ2n) is 4.85. The summed E-state index contributed by atoms with van der Waals surface area (Å²) in [6.45, 7) is 4.03. The molecule has 1 aliphatic rings. The lowest BCUT2D eigenvalue weighted by atomic mass is 10.0. The normalized spacial score (nSPS) is 23.7. The molecule has 1 aromatic carbocycles. The van der Waals surface area contributed by atoms with Crippen molar-refractivity contribution in [2.75, 3.05) is 0 Å². The van der Waals surface area contributed by atoms with Gasteiger partial charge in [0.05, 0.1) is 0 Å². The van der Waals surface area contributed by atoms with E-state index in [0.29, 0.717) is 4.83 Å². The third kappa shape index (κ3) is 2.89. The average molecular weight is 296 g/mol. The average Bonchev–Trinajstić information content (AvgIpc) is 2.64. The van der Waals surface area contributed by atoms with E-state index in [9.17, 15) is 4.79 Å². The van der Waals surface area contributed by atoms with Gasteiger partial charge in [0.15, 0.2) is 0 Å². The van der Waals surface area contributed by atoms with E-state index >= 15 is 0 Å². The van der Waals surface area contributed by atoms with Crippen LogP contribution in [-0.4, -0.2) is 16.8 Å². The maximum absolute atomic E-state index is 12.1. The summed E-state index contributed by atoms with van der Waals surface area (Å²) in [7, 11) is 0. The number of benzene rings is 1. The summed E-state index contributed by atoms with van der Waals surface area (Å²) >= 11 is 3.62. The Morgan fingerprint density at radius 2 is 2.12 bits per heavy atom. The molecule has 3 heteroatoms. The van der Waals surface area contributed by atoms with Crippen LogP contribution in [0.2, 0.25) is 0 Å². The molecule has 1 aliphatic carbocycles. The molecule has 92 valence electrons. The molecule has 1 N–H and O–H groups in total. The Morgan fingerprint density at radius 1 is 1.35 bits per heavy atom. The number of hydrogen-bond donors (Lipinski definition) is 1. The van der Waals surface area contributed by atoms with Gasteiger partial charge in [0, 0.05) is 16.4 Å². The third-order valence-electron chi connectivity index (χ3n) is 3.37. The third-order valence-corrected chi connectivity index (χ3v) is 4.47. The van der Waals surface area contributed by atoms with Gasteiger partial charge in [-0.1, -0.05) is 40.0 Å². The number of nitrogens with one attached hydrogen (secondary N) is 1. The standard InChI is InChI=1S/C14H18BrNO/c1-9-6-7-11(10(2)8-9)14(17)16-13-5-3-4-12(13)15/h6-8,12-13H,3-5H2,1-2H3,(H,16,17). The second kappa shape index (κ2) is 5.21. The zero-order valence-electron chi connectivity index (χ0n) is 10.3. The maximum atomic E-state index is 12.1. The fourth-order valence-electron chi connectivity index (χ4n) is 2.39. The predicted octanol–water partition coefficient (Wildman–Crippen LogP) is 3.35. The largest absolute Gasteiger partial charge is 0.348 e. The van der Waals surface area contributed by atoms with Crippen molar-refractivity contribution in [1.29, 1.82) is 0 Å². The molecular formula is C14H18BrNO. The Balaban J connectivity index is 2.09. The number of hydrogen-bond acceptors (Lipinski definition) is 1. The molecule has 0 spiro atoms. The van der Waals surface area contributed by atoms with Crippen molar-refractivity contribution in [2.45, 2.75) is 44.0 Å². The maximum Gasteiger partial charge on any atom is 0.251 e. The van der Waals surface area contributed by atoms with Crippen molar-refractivity contribution >= 4 is 21.8 Å². The molecule has 0 aliphatic heterocycles. The lowest BCUT2D eigenvalue weighted by Crippen LogP contribution is -2.37. The molecule has 2 nitrogen and oxygen atoms in total. The van der Waals surface area contributed by atoms with Crippen LogP contribution in [0.25, 0.3) is 0 Å². The van der Waals surface area contributed by atoms with E-state index in [4.69, 9.17) is 0 Å². The van der Waals surface area contributed by atoms with E-state index in [2.05, 4.69) is 27.3 Å². The van der Waals surface area contributed by atoms with Gasteiger partial charge in [-0.05, 0) is 38.3 Å². The first kappa shape index (κ1) is 12.6. The molecule has 0 radical (unpaired) electrons. The van der Waals surface area contributed by atoms with E-state index in [1.807, 2.05) is 26.0 Å². The van der Waals surface area contributed by atoms with Gasteiger partial charge in [0.2, 0.25) is 0 Å². The van der Waals surface area contributed by atoms with Gasteiger partial charge in [-0.15, -0.1) is 0 Å². The van der Waals surface area contributed by atoms with E-state index in [-0.39, 0.29) is 11.9 Å². The number of aryl methyl sites for hydroxylation is 2. The SMILES string of the molecule is Cc1ccc(C(=O)NC2CCCC2Br)c(C)c1. The minimum Gasteiger partial charge on any atom is -0.348 e. The first-order chi connectivity index (χ1) is 8.08. The van der Waals surface area contributed by atoms with E-state index in [1.165, 1.54) is 12.0 Å². The molecule has 17 heavy (non-hydrogen) atoms. The summed E-state index contributed by atoms with van der Waals surface area (Å²) in [5.41, 5.74) is 3.03. The number of alkyl halides is 1. The first-order valence-electron chi connectivity index (χ1n) is 6.10. The Bertz CT molecular complexity index is 430. The molecule has 1 fully saturated rings. The number of amides is 1. The number of carbonyl (C=O) groups excluding carboxylic acids is 1. The lowest BCUT2D eigenvalue weighted by molar-refractivity contribution is 0.0938. The van der Waals surface area contributed by atoms with E-state index in [0.717, 1.165) is 24.0 Å². The molecule has 1 aromatic rings. The van der Waals surface area contributed by atoms with Gasteiger partial charge in [-0.2, -0.15) is 0 Å². The van der Waals surface area contributed by atoms with Crippen molar-refractivity contribution in [1.82, 2.24) is 5.32 Å². The quantitative estimate of drug-likeness (QED) is 0.833. The summed E-state index contributed by atoms with van der Waals surface area (Å²) in [5.74, 6) is 0.0545. The molecule has 1 amide bonds. The second-order valence-corrected chi connectivity index (χ2v) is 6.02. The minimum atomic E-state index is 0.0545. The van der Waals surface area contributed by atoms with Gasteiger partial charge in [-0.25, -0.2) is 0 Å². The van der Waals surface area contributed by atoms with Crippen LogP contribution in [0.15, 0.2) is 18.2 Å². The van der Waals surface area contributed by atoms with Crippen LogP contribution in [0.1, 0.15) is 40.7 Å². The Hall–Kier alpha value is -0.830. The summed E-state index contributed by atoms with van der Waals surface area (Å²) in [5, 5.41) is 3.12. The van der Waals surface area contributed by atoms with E-state index in [1.54, 1.807) is 0 Å². The summed E-state index contributed by atoms with van der Waals surface area (Å²) < 4.78 is 0. The van der Waals surface area contributed by atoms with Crippen molar-refractivity contribution in [2.24, 2.45) is 0 Å². The summed E-state index contributed by atoms with van der Waals surface area (Å²) in [6.07, 6.45) is 3.41. The molecule has 1 saturated carbocycles. The van der Waals surface area contributed by atoms with Crippen LogP contribution >= 0.6 is 15.9 Å². The molecule has 2 unspecified atom stereocenters. The zero-order valence-corrected chi connectivity index (χ0v) is 11.9. The fraction of sp³-hybridized carbons (Fsp3) is 0.500. The van der Waals surface area contributed by atoms with Gasteiger partial charge < -0.3 is 5.32 Å². The Morgan fingerprint density at radius 3 is 2.71 bits per heavy atom. The van der Waals surface area contributed by atoms with Crippen LogP contribution < -0.4 is 5.32 Å². The van der Waals surface area contributed by atoms with Crippen LogP contribution in [0.4, 0.5) is 0 Å². The van der Waals surface area contributed by atoms with Crippen LogP contribution in [0, 0.1) is 13.8 Å². The van der Waals surface area contributed by atoms with Crippen LogP contribution in [0.3, 0.4) is 0 Å². The highest BCUT2D eigenvalue weighted by Crippen LogP contribution is 2.26. The molecule has 0 saturated heterocycles. The van der Waals surface area contributed by atoms with Crippen LogP contribution in [-0.2, 0) is 0 Å². The fourth-order valence-corrected chi connectivity index (χ4v) is 3.11. The highest BCUT2D eigenvalue weighted by Gasteiger charge is 2.26. The van der Waals surface area contributed by atoms with Gasteiger partial charge in [-0.3, -0.25) is 4.79 Å². The molecule has 0 heterocycles. The predicted molar refractivity (Wildman–Crippen MR) is 73.7 cm³/mol. The van der Waals surface area contributed by atoms with Crippen LogP contribution in [0.5, 0.6) is 0 Å². The van der Waals surface area contributed by atoms with Crippen molar-refractivity contribution in [3.05, 3.63) is 34.9 Å².